The van der Waals surface area contributed by atoms with Gasteiger partial charge >= 0.3 is 0 Å². The average Bonchev–Trinajstić information content (AvgIpc) is 2.67. The first kappa shape index (κ1) is 10.3. The predicted molar refractivity (Wildman–Crippen MR) is 61.3 cm³/mol. The van der Waals surface area contributed by atoms with Crippen molar-refractivity contribution in [2.75, 3.05) is 0 Å². The zero-order valence-corrected chi connectivity index (χ0v) is 10.7. The monoisotopic (exact) mass is 272 g/mol. The molecule has 0 radical (unpaired) electrons. The van der Waals surface area contributed by atoms with E-state index in [4.69, 9.17) is 46.4 Å². The molecule has 3 aliphatic carbocycles. The van der Waals surface area contributed by atoms with E-state index >= 15 is 0 Å². The molecule has 0 aromatic rings. The number of hydrogen-bond donors (Lipinski definition) is 0. The van der Waals surface area contributed by atoms with Crippen LogP contribution in [0, 0.1) is 23.7 Å². The Balaban J connectivity index is 1.71. The quantitative estimate of drug-likeness (QED) is 0.574. The Morgan fingerprint density at radius 2 is 0.786 bits per heavy atom. The van der Waals surface area contributed by atoms with Gasteiger partial charge in [0.05, 0.1) is 0 Å². The third kappa shape index (κ3) is 1.27. The third-order valence-corrected chi connectivity index (χ3v) is 6.55. The molecule has 0 nitrogen and oxygen atoms in total. The summed E-state index contributed by atoms with van der Waals surface area (Å²) in [7, 11) is 0. The molecule has 14 heavy (non-hydrogen) atoms. The molecule has 0 bridgehead atoms. The molecule has 0 unspecified atom stereocenters. The third-order valence-electron chi connectivity index (χ3n) is 4.31. The molecule has 0 spiro atoms. The lowest BCUT2D eigenvalue weighted by atomic mass is 10.0. The Bertz CT molecular complexity index is 221. The predicted octanol–water partition coefficient (Wildman–Crippen LogP) is 4.40. The topological polar surface area (TPSA) is 0 Å². The normalized spacial score (nSPS) is 52.3. The first-order chi connectivity index (χ1) is 6.45. The van der Waals surface area contributed by atoms with Crippen LogP contribution < -0.4 is 0 Å². The maximum atomic E-state index is 6.19. The lowest BCUT2D eigenvalue weighted by molar-refractivity contribution is 0.468. The summed E-state index contributed by atoms with van der Waals surface area (Å²) in [5, 5.41) is 0. The fourth-order valence-electron chi connectivity index (χ4n) is 3.21. The van der Waals surface area contributed by atoms with Crippen molar-refractivity contribution in [3.05, 3.63) is 0 Å². The zero-order chi connectivity index (χ0) is 10.1. The number of rotatable bonds is 0. The van der Waals surface area contributed by atoms with Gasteiger partial charge in [-0.2, -0.15) is 0 Å². The van der Waals surface area contributed by atoms with Crippen molar-refractivity contribution in [1.29, 1.82) is 0 Å². The van der Waals surface area contributed by atoms with Crippen LogP contribution in [-0.4, -0.2) is 8.67 Å². The maximum absolute atomic E-state index is 6.19. The van der Waals surface area contributed by atoms with Crippen molar-refractivity contribution < 1.29 is 0 Å². The van der Waals surface area contributed by atoms with E-state index in [0.29, 0.717) is 23.7 Å². The molecule has 3 rings (SSSR count). The molecular formula is C10H12Cl4. The molecule has 4 atom stereocenters. The Morgan fingerprint density at radius 3 is 1.00 bits per heavy atom. The molecule has 0 saturated heterocycles. The van der Waals surface area contributed by atoms with Gasteiger partial charge in [0.25, 0.3) is 0 Å². The van der Waals surface area contributed by atoms with Gasteiger partial charge in [0.1, 0.15) is 8.67 Å². The second-order valence-corrected chi connectivity index (χ2v) is 7.82. The van der Waals surface area contributed by atoms with Crippen LogP contribution in [-0.2, 0) is 0 Å². The molecule has 3 aliphatic rings. The Kier molecular flexibility index (Phi) is 2.13. The van der Waals surface area contributed by atoms with Crippen molar-refractivity contribution >= 4 is 46.4 Å². The van der Waals surface area contributed by atoms with Crippen molar-refractivity contribution in [3.63, 3.8) is 0 Å². The van der Waals surface area contributed by atoms with E-state index < -0.39 is 8.67 Å². The Hall–Kier alpha value is 1.16. The highest BCUT2D eigenvalue weighted by molar-refractivity contribution is 6.52. The Labute approximate surface area is 104 Å². The van der Waals surface area contributed by atoms with Crippen LogP contribution in [0.2, 0.25) is 0 Å². The minimum atomic E-state index is -0.432. The number of hydrogen-bond acceptors (Lipinski definition) is 0. The standard InChI is InChI=1S/C10H12Cl4/c11-9(12)5-1-2-6-8(10(6,13)14)4-3-7(5)9/h5-8H,1-4H2/t5-,6-,7-,8-/m1/s1. The molecule has 0 aliphatic heterocycles. The number of halogens is 4. The first-order valence-electron chi connectivity index (χ1n) is 5.21. The molecule has 4 heteroatoms. The molecular weight excluding hydrogens is 262 g/mol. The van der Waals surface area contributed by atoms with E-state index in [1.807, 2.05) is 0 Å². The summed E-state index contributed by atoms with van der Waals surface area (Å²) in [6.45, 7) is 0. The van der Waals surface area contributed by atoms with Crippen LogP contribution >= 0.6 is 46.4 Å². The summed E-state index contributed by atoms with van der Waals surface area (Å²) in [4.78, 5) is 0. The van der Waals surface area contributed by atoms with Gasteiger partial charge in [0.15, 0.2) is 0 Å². The molecule has 0 aromatic carbocycles. The largest absolute Gasteiger partial charge is 0.124 e. The summed E-state index contributed by atoms with van der Waals surface area (Å²) in [6, 6.07) is 0. The molecule has 0 heterocycles. The lowest BCUT2D eigenvalue weighted by Crippen LogP contribution is -1.95. The molecule has 3 fully saturated rings. The zero-order valence-electron chi connectivity index (χ0n) is 7.65. The Morgan fingerprint density at radius 1 is 0.571 bits per heavy atom. The van der Waals surface area contributed by atoms with Crippen molar-refractivity contribution in [3.8, 4) is 0 Å². The van der Waals surface area contributed by atoms with Crippen LogP contribution in [0.5, 0.6) is 0 Å². The highest BCUT2D eigenvalue weighted by Crippen LogP contribution is 2.70. The van der Waals surface area contributed by atoms with E-state index in [2.05, 4.69) is 0 Å². The van der Waals surface area contributed by atoms with Crippen molar-refractivity contribution in [1.82, 2.24) is 0 Å². The lowest BCUT2D eigenvalue weighted by Gasteiger charge is -2.02. The SMILES string of the molecule is ClC1(Cl)[C@@H]2CC[C@@H]3[C@@H](CC[C@H]21)C3(Cl)Cl. The van der Waals surface area contributed by atoms with E-state index in [1.54, 1.807) is 0 Å². The molecule has 80 valence electrons. The fourth-order valence-corrected chi connectivity index (χ4v) is 5.05. The summed E-state index contributed by atoms with van der Waals surface area (Å²) in [5.41, 5.74) is 0. The van der Waals surface area contributed by atoms with Crippen molar-refractivity contribution in [2.45, 2.75) is 34.3 Å². The van der Waals surface area contributed by atoms with Crippen LogP contribution in [0.25, 0.3) is 0 Å². The molecule has 0 aromatic heterocycles. The summed E-state index contributed by atoms with van der Waals surface area (Å²) in [6.07, 6.45) is 4.39. The van der Waals surface area contributed by atoms with Crippen LogP contribution in [0.4, 0.5) is 0 Å². The minimum absolute atomic E-state index is 0.432. The van der Waals surface area contributed by atoms with Gasteiger partial charge in [-0.15, -0.1) is 46.4 Å². The average molecular weight is 274 g/mol. The van der Waals surface area contributed by atoms with E-state index in [0.717, 1.165) is 25.7 Å². The highest BCUT2D eigenvalue weighted by Gasteiger charge is 2.68. The maximum Gasteiger partial charge on any atom is 0.124 e. The van der Waals surface area contributed by atoms with E-state index in [1.165, 1.54) is 0 Å². The number of fused-ring (bicyclic) bond motifs is 2. The summed E-state index contributed by atoms with van der Waals surface area (Å²) >= 11 is 24.8. The van der Waals surface area contributed by atoms with Gasteiger partial charge in [0, 0.05) is 0 Å². The summed E-state index contributed by atoms with van der Waals surface area (Å²) < 4.78 is -0.865. The van der Waals surface area contributed by atoms with E-state index in [-0.39, 0.29) is 0 Å². The minimum Gasteiger partial charge on any atom is -0.101 e. The fraction of sp³-hybridized carbons (Fsp3) is 1.00. The summed E-state index contributed by atoms with van der Waals surface area (Å²) in [5.74, 6) is 1.99. The van der Waals surface area contributed by atoms with Gasteiger partial charge < -0.3 is 0 Å². The van der Waals surface area contributed by atoms with Crippen LogP contribution in [0.1, 0.15) is 25.7 Å². The second-order valence-electron chi connectivity index (χ2n) is 4.93. The van der Waals surface area contributed by atoms with Crippen LogP contribution in [0.15, 0.2) is 0 Å². The van der Waals surface area contributed by atoms with Gasteiger partial charge in [-0.3, -0.25) is 0 Å². The smallest absolute Gasteiger partial charge is 0.101 e. The molecule has 3 saturated carbocycles. The van der Waals surface area contributed by atoms with Gasteiger partial charge in [-0.1, -0.05) is 0 Å². The molecule has 0 amide bonds. The number of alkyl halides is 4. The van der Waals surface area contributed by atoms with E-state index in [9.17, 15) is 0 Å². The highest BCUT2D eigenvalue weighted by atomic mass is 35.5. The van der Waals surface area contributed by atoms with Crippen molar-refractivity contribution in [2.24, 2.45) is 23.7 Å². The van der Waals surface area contributed by atoms with Crippen LogP contribution in [0.3, 0.4) is 0 Å². The van der Waals surface area contributed by atoms with Gasteiger partial charge in [-0.05, 0) is 49.4 Å². The molecule has 0 N–H and O–H groups in total. The van der Waals surface area contributed by atoms with Gasteiger partial charge in [0.2, 0.25) is 0 Å². The second kappa shape index (κ2) is 2.88. The first-order valence-corrected chi connectivity index (χ1v) is 6.72. The van der Waals surface area contributed by atoms with Gasteiger partial charge in [-0.25, -0.2) is 0 Å².